The van der Waals surface area contributed by atoms with Crippen molar-refractivity contribution in [2.45, 2.75) is 4.90 Å². The van der Waals surface area contributed by atoms with E-state index < -0.39 is 27.3 Å². The van der Waals surface area contributed by atoms with Crippen molar-refractivity contribution in [1.82, 2.24) is 9.97 Å². The monoisotopic (exact) mass is 446 g/mol. The fraction of sp³-hybridized carbons (Fsp3) is 0. The molecule has 0 unspecified atom stereocenters. The van der Waals surface area contributed by atoms with Crippen LogP contribution < -0.4 is 10.5 Å². The molecule has 3 aromatic carbocycles. The number of hydrogen-bond donors (Lipinski definition) is 2. The number of rotatable bonds is 4. The van der Waals surface area contributed by atoms with E-state index in [0.717, 1.165) is 12.1 Å². The third-order valence-corrected chi connectivity index (χ3v) is 5.98. The van der Waals surface area contributed by atoms with Gasteiger partial charge in [0.15, 0.2) is 5.82 Å². The number of sulfonamides is 1. The summed E-state index contributed by atoms with van der Waals surface area (Å²) in [5.74, 6) is -1.83. The molecule has 30 heavy (non-hydrogen) atoms. The zero-order valence-corrected chi connectivity index (χ0v) is 16.7. The Morgan fingerprint density at radius 1 is 1.00 bits per heavy atom. The van der Waals surface area contributed by atoms with E-state index in [0.29, 0.717) is 15.9 Å². The number of nitrogens with two attached hydrogens (primary N) is 1. The largest absolute Gasteiger partial charge is 0.368 e. The van der Waals surface area contributed by atoms with E-state index in [-0.39, 0.29) is 22.0 Å². The van der Waals surface area contributed by atoms with Crippen molar-refractivity contribution in [3.8, 4) is 11.1 Å². The van der Waals surface area contributed by atoms with Gasteiger partial charge in [-0.15, -0.1) is 0 Å². The molecule has 0 saturated carbocycles. The lowest BCUT2D eigenvalue weighted by atomic mass is 10.0. The van der Waals surface area contributed by atoms with Crippen LogP contribution in [0.3, 0.4) is 0 Å². The SMILES string of the molecule is Nc1ncc2cc(-c3c(F)ccc(NS(=O)(=O)c4ccc(Cl)cc4)c3F)ccc2n1. The van der Waals surface area contributed by atoms with E-state index >= 15 is 4.39 Å². The molecule has 0 radical (unpaired) electrons. The average molecular weight is 447 g/mol. The standard InChI is InChI=1S/C20H13ClF2N4O2S/c21-13-2-4-14(5-3-13)30(28,29)27-17-8-6-15(22)18(19(17)23)11-1-7-16-12(9-11)10-25-20(24)26-16/h1-10,27H,(H2,24,25,26). The lowest BCUT2D eigenvalue weighted by Crippen LogP contribution is -2.14. The van der Waals surface area contributed by atoms with Gasteiger partial charge in [-0.2, -0.15) is 0 Å². The number of hydrogen-bond acceptors (Lipinski definition) is 5. The van der Waals surface area contributed by atoms with Gasteiger partial charge in [-0.05, 0) is 54.1 Å². The van der Waals surface area contributed by atoms with Crippen LogP contribution in [0, 0.1) is 11.6 Å². The predicted octanol–water partition coefficient (Wildman–Crippen LogP) is 4.61. The molecule has 0 atom stereocenters. The van der Waals surface area contributed by atoms with Crippen LogP contribution in [0.25, 0.3) is 22.0 Å². The summed E-state index contributed by atoms with van der Waals surface area (Å²) < 4.78 is 56.9. The molecule has 0 fully saturated rings. The first-order valence-electron chi connectivity index (χ1n) is 8.53. The fourth-order valence-corrected chi connectivity index (χ4v) is 4.10. The minimum Gasteiger partial charge on any atom is -0.368 e. The molecule has 0 amide bonds. The van der Waals surface area contributed by atoms with E-state index in [2.05, 4.69) is 14.7 Å². The molecular weight excluding hydrogens is 434 g/mol. The van der Waals surface area contributed by atoms with E-state index in [1.807, 2.05) is 0 Å². The number of nitrogens with one attached hydrogen (secondary N) is 1. The molecule has 152 valence electrons. The van der Waals surface area contributed by atoms with Crippen molar-refractivity contribution in [3.05, 3.63) is 77.5 Å². The van der Waals surface area contributed by atoms with Crippen LogP contribution >= 0.6 is 11.6 Å². The zero-order chi connectivity index (χ0) is 21.5. The number of anilines is 2. The maximum atomic E-state index is 15.2. The molecule has 4 aromatic rings. The highest BCUT2D eigenvalue weighted by molar-refractivity contribution is 7.92. The summed E-state index contributed by atoms with van der Waals surface area (Å²) in [5, 5.41) is 0.874. The van der Waals surface area contributed by atoms with Gasteiger partial charge in [0, 0.05) is 16.6 Å². The molecular formula is C20H13ClF2N4O2S. The minimum absolute atomic E-state index is 0.0752. The summed E-state index contributed by atoms with van der Waals surface area (Å²) in [4.78, 5) is 7.80. The maximum absolute atomic E-state index is 15.2. The number of halogens is 3. The quantitative estimate of drug-likeness (QED) is 0.477. The lowest BCUT2D eigenvalue weighted by molar-refractivity contribution is 0.588. The topological polar surface area (TPSA) is 98.0 Å². The highest BCUT2D eigenvalue weighted by Crippen LogP contribution is 2.33. The van der Waals surface area contributed by atoms with Crippen LogP contribution in [-0.4, -0.2) is 18.4 Å². The normalized spacial score (nSPS) is 11.6. The summed E-state index contributed by atoms with van der Waals surface area (Å²) >= 11 is 5.77. The van der Waals surface area contributed by atoms with Crippen LogP contribution in [0.15, 0.2) is 65.7 Å². The van der Waals surface area contributed by atoms with Gasteiger partial charge in [0.2, 0.25) is 5.95 Å². The highest BCUT2D eigenvalue weighted by atomic mass is 35.5. The molecule has 0 aliphatic rings. The summed E-state index contributed by atoms with van der Waals surface area (Å²) in [7, 11) is -4.11. The van der Waals surface area contributed by atoms with Crippen molar-refractivity contribution >= 4 is 44.2 Å². The van der Waals surface area contributed by atoms with Gasteiger partial charge in [0.25, 0.3) is 10.0 Å². The van der Waals surface area contributed by atoms with Gasteiger partial charge in [0.05, 0.1) is 21.7 Å². The van der Waals surface area contributed by atoms with Crippen LogP contribution in [0.2, 0.25) is 5.02 Å². The Hall–Kier alpha value is -3.30. The molecule has 0 aliphatic carbocycles. The van der Waals surface area contributed by atoms with Crippen LogP contribution in [0.5, 0.6) is 0 Å². The average Bonchev–Trinajstić information content (AvgIpc) is 2.70. The molecule has 6 nitrogen and oxygen atoms in total. The Bertz CT molecular complexity index is 1380. The van der Waals surface area contributed by atoms with Crippen molar-refractivity contribution < 1.29 is 17.2 Å². The van der Waals surface area contributed by atoms with Gasteiger partial charge in [0.1, 0.15) is 5.82 Å². The summed E-state index contributed by atoms with van der Waals surface area (Å²) in [5.41, 5.74) is 5.46. The fourth-order valence-electron chi connectivity index (χ4n) is 2.92. The molecule has 1 heterocycles. The second kappa shape index (κ2) is 7.51. The van der Waals surface area contributed by atoms with Gasteiger partial charge in [-0.3, -0.25) is 4.72 Å². The third kappa shape index (κ3) is 3.77. The Morgan fingerprint density at radius 3 is 2.47 bits per heavy atom. The first-order valence-corrected chi connectivity index (χ1v) is 10.4. The van der Waals surface area contributed by atoms with Crippen LogP contribution in [-0.2, 0) is 10.0 Å². The van der Waals surface area contributed by atoms with Gasteiger partial charge >= 0.3 is 0 Å². The molecule has 0 spiro atoms. The van der Waals surface area contributed by atoms with Gasteiger partial charge in [-0.1, -0.05) is 17.7 Å². The number of aromatic nitrogens is 2. The first-order chi connectivity index (χ1) is 14.2. The number of benzene rings is 3. The molecule has 0 aliphatic heterocycles. The maximum Gasteiger partial charge on any atom is 0.261 e. The highest BCUT2D eigenvalue weighted by Gasteiger charge is 2.21. The number of nitrogen functional groups attached to an aromatic ring is 1. The first kappa shape index (κ1) is 20.0. The smallest absolute Gasteiger partial charge is 0.261 e. The zero-order valence-electron chi connectivity index (χ0n) is 15.1. The van der Waals surface area contributed by atoms with Gasteiger partial charge < -0.3 is 5.73 Å². The summed E-state index contributed by atoms with van der Waals surface area (Å²) in [6.07, 6.45) is 1.43. The Kier molecular flexibility index (Phi) is 5.00. The van der Waals surface area contributed by atoms with Crippen molar-refractivity contribution in [2.75, 3.05) is 10.5 Å². The summed E-state index contributed by atoms with van der Waals surface area (Å²) in [6.45, 7) is 0. The van der Waals surface area contributed by atoms with Crippen molar-refractivity contribution in [3.63, 3.8) is 0 Å². The second-order valence-corrected chi connectivity index (χ2v) is 8.46. The molecule has 3 N–H and O–H groups in total. The Labute approximate surface area is 175 Å². The molecule has 10 heteroatoms. The Balaban J connectivity index is 1.77. The molecule has 1 aromatic heterocycles. The van der Waals surface area contributed by atoms with Crippen LogP contribution in [0.1, 0.15) is 0 Å². The minimum atomic E-state index is -4.11. The van der Waals surface area contributed by atoms with Crippen molar-refractivity contribution in [1.29, 1.82) is 0 Å². The molecule has 4 rings (SSSR count). The van der Waals surface area contributed by atoms with Gasteiger partial charge in [-0.25, -0.2) is 27.2 Å². The summed E-state index contributed by atoms with van der Waals surface area (Å²) in [6, 6.07) is 11.9. The van der Waals surface area contributed by atoms with E-state index in [1.165, 1.54) is 42.6 Å². The van der Waals surface area contributed by atoms with Crippen LogP contribution in [0.4, 0.5) is 20.4 Å². The lowest BCUT2D eigenvalue weighted by Gasteiger charge is -2.13. The number of nitrogens with zero attached hydrogens (tertiary/aromatic N) is 2. The third-order valence-electron chi connectivity index (χ3n) is 4.35. The van der Waals surface area contributed by atoms with E-state index in [1.54, 1.807) is 6.07 Å². The second-order valence-electron chi connectivity index (χ2n) is 6.35. The van der Waals surface area contributed by atoms with Crippen molar-refractivity contribution in [2.24, 2.45) is 0 Å². The molecule has 0 bridgehead atoms. The molecule has 0 saturated heterocycles. The van der Waals surface area contributed by atoms with E-state index in [4.69, 9.17) is 17.3 Å². The number of fused-ring (bicyclic) bond motifs is 1. The Morgan fingerprint density at radius 2 is 1.73 bits per heavy atom. The predicted molar refractivity (Wildman–Crippen MR) is 112 cm³/mol. The van der Waals surface area contributed by atoms with E-state index in [9.17, 15) is 12.8 Å².